The number of pyridine rings is 1. The molecule has 1 aromatic heterocycles. The van der Waals surface area contributed by atoms with Crippen LogP contribution >= 0.6 is 0 Å². The van der Waals surface area contributed by atoms with Crippen molar-refractivity contribution in [1.82, 2.24) is 9.88 Å². The molecule has 0 amide bonds. The smallest absolute Gasteiger partial charge is 0.417 e. The summed E-state index contributed by atoms with van der Waals surface area (Å²) in [5.41, 5.74) is 0.300. The predicted octanol–water partition coefficient (Wildman–Crippen LogP) is 3.39. The van der Waals surface area contributed by atoms with Crippen LogP contribution in [0, 0.1) is 0 Å². The molecule has 1 saturated heterocycles. The maximum Gasteiger partial charge on any atom is 0.417 e. The number of hydrogen-bond acceptors (Lipinski definition) is 5. The molecular formula is C19H21F3N2O3. The van der Waals surface area contributed by atoms with Crippen LogP contribution < -0.4 is 9.47 Å². The van der Waals surface area contributed by atoms with Crippen LogP contribution in [-0.4, -0.2) is 49.4 Å². The van der Waals surface area contributed by atoms with E-state index in [4.69, 9.17) is 14.2 Å². The van der Waals surface area contributed by atoms with E-state index in [-0.39, 0.29) is 12.0 Å². The number of alkyl halides is 3. The summed E-state index contributed by atoms with van der Waals surface area (Å²) < 4.78 is 54.4. The Morgan fingerprint density at radius 1 is 1.26 bits per heavy atom. The molecule has 0 N–H and O–H groups in total. The van der Waals surface area contributed by atoms with Crippen LogP contribution in [0.15, 0.2) is 42.6 Å². The minimum absolute atomic E-state index is 0.153. The molecule has 1 aromatic carbocycles. The fourth-order valence-corrected chi connectivity index (χ4v) is 2.87. The van der Waals surface area contributed by atoms with Crippen molar-refractivity contribution in [2.75, 3.05) is 33.4 Å². The number of nitrogens with zero attached hydrogens (tertiary/aromatic N) is 2. The van der Waals surface area contributed by atoms with Gasteiger partial charge in [0.05, 0.1) is 25.9 Å². The first kappa shape index (κ1) is 19.4. The summed E-state index contributed by atoms with van der Waals surface area (Å²) in [7, 11) is 1.62. The van der Waals surface area contributed by atoms with Crippen molar-refractivity contribution in [2.45, 2.75) is 18.8 Å². The second kappa shape index (κ2) is 8.58. The van der Waals surface area contributed by atoms with Gasteiger partial charge < -0.3 is 14.2 Å². The normalized spacial score (nSPS) is 18.7. The van der Waals surface area contributed by atoms with Crippen LogP contribution in [0.2, 0.25) is 0 Å². The fraction of sp³-hybridized carbons (Fsp3) is 0.421. The lowest BCUT2D eigenvalue weighted by Crippen LogP contribution is -2.35. The maximum absolute atomic E-state index is 12.6. The first-order valence-corrected chi connectivity index (χ1v) is 8.57. The third-order valence-electron chi connectivity index (χ3n) is 4.21. The third kappa shape index (κ3) is 5.58. The van der Waals surface area contributed by atoms with Gasteiger partial charge in [0.1, 0.15) is 11.9 Å². The number of halogens is 3. The lowest BCUT2D eigenvalue weighted by atomic mass is 10.2. The molecule has 1 atom stereocenters. The van der Waals surface area contributed by atoms with Crippen LogP contribution in [0.3, 0.4) is 0 Å². The third-order valence-corrected chi connectivity index (χ3v) is 4.21. The van der Waals surface area contributed by atoms with Crippen LogP contribution in [-0.2, 0) is 17.5 Å². The summed E-state index contributed by atoms with van der Waals surface area (Å²) in [4.78, 5) is 5.95. The first-order valence-electron chi connectivity index (χ1n) is 8.57. The standard InChI is InChI=1S/C19H21F3N2O3/c1-25-16-4-2-3-14(9-16)11-24-7-8-26-13-17(12-24)27-18-6-5-15(10-23-18)19(20,21)22/h2-6,9-10,17H,7-8,11-13H2,1H3. The minimum atomic E-state index is -4.41. The zero-order chi connectivity index (χ0) is 19.3. The van der Waals surface area contributed by atoms with E-state index in [2.05, 4.69) is 9.88 Å². The quantitative estimate of drug-likeness (QED) is 0.793. The highest BCUT2D eigenvalue weighted by Gasteiger charge is 2.31. The predicted molar refractivity (Wildman–Crippen MR) is 92.7 cm³/mol. The van der Waals surface area contributed by atoms with Crippen LogP contribution in [0.1, 0.15) is 11.1 Å². The average molecular weight is 382 g/mol. The Hall–Kier alpha value is -2.32. The topological polar surface area (TPSA) is 43.8 Å². The van der Waals surface area contributed by atoms with Crippen molar-refractivity contribution >= 4 is 0 Å². The monoisotopic (exact) mass is 382 g/mol. The molecule has 1 unspecified atom stereocenters. The Kier molecular flexibility index (Phi) is 6.18. The van der Waals surface area contributed by atoms with Gasteiger partial charge in [-0.1, -0.05) is 12.1 Å². The largest absolute Gasteiger partial charge is 0.497 e. The van der Waals surface area contributed by atoms with Crippen molar-refractivity contribution in [1.29, 1.82) is 0 Å². The zero-order valence-corrected chi connectivity index (χ0v) is 14.9. The number of methoxy groups -OCH3 is 1. The van der Waals surface area contributed by atoms with E-state index in [0.29, 0.717) is 26.3 Å². The van der Waals surface area contributed by atoms with Gasteiger partial charge in [0, 0.05) is 31.9 Å². The Morgan fingerprint density at radius 3 is 2.81 bits per heavy atom. The molecule has 146 valence electrons. The molecule has 0 spiro atoms. The number of ether oxygens (including phenoxy) is 3. The zero-order valence-electron chi connectivity index (χ0n) is 14.9. The van der Waals surface area contributed by atoms with Crippen LogP contribution in [0.4, 0.5) is 13.2 Å². The van der Waals surface area contributed by atoms with Gasteiger partial charge in [-0.2, -0.15) is 13.2 Å². The van der Waals surface area contributed by atoms with Gasteiger partial charge in [-0.05, 0) is 23.8 Å². The molecule has 3 rings (SSSR count). The molecule has 2 aromatic rings. The molecule has 2 heterocycles. The first-order chi connectivity index (χ1) is 12.9. The highest BCUT2D eigenvalue weighted by molar-refractivity contribution is 5.28. The lowest BCUT2D eigenvalue weighted by molar-refractivity contribution is -0.137. The number of aromatic nitrogens is 1. The van der Waals surface area contributed by atoms with E-state index in [1.165, 1.54) is 6.07 Å². The molecule has 0 aliphatic carbocycles. The maximum atomic E-state index is 12.6. The molecule has 0 bridgehead atoms. The van der Waals surface area contributed by atoms with Gasteiger partial charge in [0.15, 0.2) is 0 Å². The van der Waals surface area contributed by atoms with Gasteiger partial charge in [-0.15, -0.1) is 0 Å². The Labute approximate surface area is 155 Å². The molecule has 1 aliphatic heterocycles. The Bertz CT molecular complexity index is 738. The van der Waals surface area contributed by atoms with E-state index >= 15 is 0 Å². The van der Waals surface area contributed by atoms with Crippen molar-refractivity contribution in [3.63, 3.8) is 0 Å². The summed E-state index contributed by atoms with van der Waals surface area (Å²) in [5, 5.41) is 0. The van der Waals surface area contributed by atoms with Gasteiger partial charge in [0.25, 0.3) is 0 Å². The highest BCUT2D eigenvalue weighted by Crippen LogP contribution is 2.29. The molecular weight excluding hydrogens is 361 g/mol. The molecule has 1 aliphatic rings. The Morgan fingerprint density at radius 2 is 2.11 bits per heavy atom. The van der Waals surface area contributed by atoms with E-state index in [9.17, 15) is 13.2 Å². The highest BCUT2D eigenvalue weighted by atomic mass is 19.4. The van der Waals surface area contributed by atoms with E-state index < -0.39 is 11.7 Å². The SMILES string of the molecule is COc1cccc(CN2CCOCC(Oc3ccc(C(F)(F)F)cn3)C2)c1. The second-order valence-electron chi connectivity index (χ2n) is 6.28. The summed E-state index contributed by atoms with van der Waals surface area (Å²) >= 11 is 0. The molecule has 0 radical (unpaired) electrons. The summed E-state index contributed by atoms with van der Waals surface area (Å²) in [6.07, 6.45) is -3.95. The molecule has 5 nitrogen and oxygen atoms in total. The van der Waals surface area contributed by atoms with Gasteiger partial charge in [-0.25, -0.2) is 4.98 Å². The fourth-order valence-electron chi connectivity index (χ4n) is 2.87. The number of benzene rings is 1. The van der Waals surface area contributed by atoms with Crippen LogP contribution in [0.25, 0.3) is 0 Å². The van der Waals surface area contributed by atoms with E-state index in [0.717, 1.165) is 30.1 Å². The number of hydrogen-bond donors (Lipinski definition) is 0. The van der Waals surface area contributed by atoms with Crippen molar-refractivity contribution in [3.05, 3.63) is 53.7 Å². The van der Waals surface area contributed by atoms with Crippen molar-refractivity contribution in [3.8, 4) is 11.6 Å². The van der Waals surface area contributed by atoms with Crippen molar-refractivity contribution < 1.29 is 27.4 Å². The average Bonchev–Trinajstić information content (AvgIpc) is 2.86. The summed E-state index contributed by atoms with van der Waals surface area (Å²) in [6.45, 7) is 2.93. The molecule has 1 fully saturated rings. The minimum Gasteiger partial charge on any atom is -0.497 e. The van der Waals surface area contributed by atoms with Gasteiger partial charge in [0.2, 0.25) is 5.88 Å². The molecule has 8 heteroatoms. The van der Waals surface area contributed by atoms with E-state index in [1.807, 2.05) is 24.3 Å². The Balaban J connectivity index is 1.62. The van der Waals surface area contributed by atoms with Crippen molar-refractivity contribution in [2.24, 2.45) is 0 Å². The van der Waals surface area contributed by atoms with Gasteiger partial charge >= 0.3 is 6.18 Å². The van der Waals surface area contributed by atoms with E-state index in [1.54, 1.807) is 7.11 Å². The molecule has 27 heavy (non-hydrogen) atoms. The lowest BCUT2D eigenvalue weighted by Gasteiger charge is -2.24. The number of rotatable bonds is 5. The summed E-state index contributed by atoms with van der Waals surface area (Å²) in [5.74, 6) is 0.945. The van der Waals surface area contributed by atoms with Crippen LogP contribution in [0.5, 0.6) is 11.6 Å². The summed E-state index contributed by atoms with van der Waals surface area (Å²) in [6, 6.07) is 10.0. The van der Waals surface area contributed by atoms with Gasteiger partial charge in [-0.3, -0.25) is 4.90 Å². The second-order valence-corrected chi connectivity index (χ2v) is 6.28. The molecule has 0 saturated carbocycles.